The molecule has 1 fully saturated rings. The lowest BCUT2D eigenvalue weighted by atomic mass is 10.2. The molecule has 1 saturated heterocycles. The van der Waals surface area contributed by atoms with Crippen molar-refractivity contribution in [3.8, 4) is 0 Å². The number of hydrogen-bond acceptors (Lipinski definition) is 6. The summed E-state index contributed by atoms with van der Waals surface area (Å²) in [6, 6.07) is 16.0. The molecule has 0 unspecified atom stereocenters. The smallest absolute Gasteiger partial charge is 0.233 e. The van der Waals surface area contributed by atoms with Crippen LogP contribution in [0.1, 0.15) is 11.4 Å². The zero-order valence-electron chi connectivity index (χ0n) is 19.3. The summed E-state index contributed by atoms with van der Waals surface area (Å²) in [4.78, 5) is 17.1. The molecule has 2 aromatic carbocycles. The Morgan fingerprint density at radius 3 is 2.49 bits per heavy atom. The molecule has 184 valence electrons. The minimum Gasteiger partial charge on any atom is -0.368 e. The number of carbonyl (C=O) groups is 1. The van der Waals surface area contributed by atoms with Gasteiger partial charge in [-0.2, -0.15) is 0 Å². The maximum absolute atomic E-state index is 12.9. The second kappa shape index (κ2) is 12.7. The Balaban J connectivity index is 1.28. The van der Waals surface area contributed by atoms with E-state index in [1.165, 1.54) is 17.4 Å². The number of aromatic nitrogens is 3. The van der Waals surface area contributed by atoms with Crippen molar-refractivity contribution in [2.45, 2.75) is 23.2 Å². The number of benzene rings is 2. The third-order valence-corrected chi connectivity index (χ3v) is 8.36. The van der Waals surface area contributed by atoms with Gasteiger partial charge in [-0.3, -0.25) is 4.79 Å². The molecule has 10 heteroatoms. The van der Waals surface area contributed by atoms with Gasteiger partial charge in [-0.05, 0) is 29.8 Å². The number of allylic oxidation sites excluding steroid dienone is 1. The zero-order chi connectivity index (χ0) is 24.6. The average molecular weight is 549 g/mol. The van der Waals surface area contributed by atoms with Gasteiger partial charge in [0, 0.05) is 44.2 Å². The van der Waals surface area contributed by atoms with Gasteiger partial charge in [0.25, 0.3) is 0 Å². The third-order valence-electron chi connectivity index (χ3n) is 5.67. The van der Waals surface area contributed by atoms with E-state index in [0.717, 1.165) is 48.5 Å². The molecule has 4 rings (SSSR count). The Kier molecular flexibility index (Phi) is 9.43. The first kappa shape index (κ1) is 25.9. The van der Waals surface area contributed by atoms with E-state index < -0.39 is 0 Å². The number of rotatable bonds is 10. The van der Waals surface area contributed by atoms with E-state index in [-0.39, 0.29) is 5.91 Å². The second-order valence-corrected chi connectivity index (χ2v) is 10.8. The van der Waals surface area contributed by atoms with Crippen molar-refractivity contribution >= 4 is 58.3 Å². The largest absolute Gasteiger partial charge is 0.368 e. The first-order valence-corrected chi connectivity index (χ1v) is 14.2. The summed E-state index contributed by atoms with van der Waals surface area (Å²) in [6.45, 7) is 7.60. The summed E-state index contributed by atoms with van der Waals surface area (Å²) < 4.78 is 2.03. The standard InChI is InChI=1S/C25H27Cl2N5OS2/c1-2-10-32-23(17-34-16-19-8-9-21(26)22(27)15-19)28-29-25(32)35-18-24(33)31-13-11-30(12-14-31)20-6-4-3-5-7-20/h2-9,15H,1,10-14,16-18H2. The first-order chi connectivity index (χ1) is 17.0. The molecule has 0 bridgehead atoms. The van der Waals surface area contributed by atoms with E-state index >= 15 is 0 Å². The Hall–Kier alpha value is -2.13. The molecular weight excluding hydrogens is 521 g/mol. The average Bonchev–Trinajstić information content (AvgIpc) is 3.27. The van der Waals surface area contributed by atoms with Crippen molar-refractivity contribution in [2.75, 3.05) is 36.8 Å². The molecule has 0 atom stereocenters. The minimum absolute atomic E-state index is 0.131. The Morgan fingerprint density at radius 2 is 1.77 bits per heavy atom. The van der Waals surface area contributed by atoms with Crippen LogP contribution in [0.3, 0.4) is 0 Å². The summed E-state index contributed by atoms with van der Waals surface area (Å²) in [5.74, 6) is 2.81. The zero-order valence-corrected chi connectivity index (χ0v) is 22.4. The number of amides is 1. The number of anilines is 1. The normalized spacial score (nSPS) is 13.8. The topological polar surface area (TPSA) is 54.3 Å². The number of halogens is 2. The summed E-state index contributed by atoms with van der Waals surface area (Å²) >= 11 is 15.3. The number of thioether (sulfide) groups is 2. The van der Waals surface area contributed by atoms with Crippen LogP contribution in [0, 0.1) is 0 Å². The van der Waals surface area contributed by atoms with Crippen LogP contribution >= 0.6 is 46.7 Å². The molecule has 2 heterocycles. The van der Waals surface area contributed by atoms with Gasteiger partial charge >= 0.3 is 0 Å². The van der Waals surface area contributed by atoms with Crippen molar-refractivity contribution < 1.29 is 4.79 Å². The van der Waals surface area contributed by atoms with Crippen LogP contribution in [0.15, 0.2) is 66.3 Å². The van der Waals surface area contributed by atoms with Gasteiger partial charge in [0.15, 0.2) is 5.16 Å². The molecular formula is C25H27Cl2N5OS2. The lowest BCUT2D eigenvalue weighted by Crippen LogP contribution is -2.49. The van der Waals surface area contributed by atoms with Gasteiger partial charge in [-0.1, -0.05) is 65.3 Å². The number of nitrogens with zero attached hydrogens (tertiary/aromatic N) is 5. The molecule has 6 nitrogen and oxygen atoms in total. The van der Waals surface area contributed by atoms with Gasteiger partial charge in [0.2, 0.25) is 5.91 Å². The van der Waals surface area contributed by atoms with Crippen LogP contribution in [0.25, 0.3) is 0 Å². The highest BCUT2D eigenvalue weighted by Crippen LogP contribution is 2.27. The van der Waals surface area contributed by atoms with E-state index in [1.54, 1.807) is 11.8 Å². The van der Waals surface area contributed by atoms with E-state index in [9.17, 15) is 4.79 Å². The van der Waals surface area contributed by atoms with Crippen LogP contribution in [0.5, 0.6) is 0 Å². The molecule has 0 aliphatic carbocycles. The fourth-order valence-electron chi connectivity index (χ4n) is 3.81. The van der Waals surface area contributed by atoms with Gasteiger partial charge < -0.3 is 14.4 Å². The second-order valence-electron chi connectivity index (χ2n) is 8.03. The molecule has 35 heavy (non-hydrogen) atoms. The number of piperazine rings is 1. The van der Waals surface area contributed by atoms with Crippen LogP contribution < -0.4 is 4.90 Å². The Labute approximate surface area is 224 Å². The fraction of sp³-hybridized carbons (Fsp3) is 0.320. The third kappa shape index (κ3) is 6.97. The van der Waals surface area contributed by atoms with E-state index in [0.29, 0.717) is 28.1 Å². The van der Waals surface area contributed by atoms with Gasteiger partial charge in [0.1, 0.15) is 5.82 Å². The van der Waals surface area contributed by atoms with Crippen molar-refractivity contribution in [3.05, 3.63) is 82.6 Å². The maximum atomic E-state index is 12.9. The molecule has 1 aromatic heterocycles. The molecule has 1 aliphatic heterocycles. The van der Waals surface area contributed by atoms with Crippen LogP contribution in [0.4, 0.5) is 5.69 Å². The summed E-state index contributed by atoms with van der Waals surface area (Å²) in [5, 5.41) is 10.6. The molecule has 3 aromatic rings. The van der Waals surface area contributed by atoms with E-state index in [2.05, 4.69) is 33.8 Å². The molecule has 0 saturated carbocycles. The highest BCUT2D eigenvalue weighted by molar-refractivity contribution is 7.99. The van der Waals surface area contributed by atoms with Crippen molar-refractivity contribution in [1.29, 1.82) is 0 Å². The fourth-order valence-corrected chi connectivity index (χ4v) is 5.91. The molecule has 0 spiro atoms. The summed E-state index contributed by atoms with van der Waals surface area (Å²) in [6.07, 6.45) is 1.82. The summed E-state index contributed by atoms with van der Waals surface area (Å²) in [7, 11) is 0. The molecule has 1 amide bonds. The number of carbonyl (C=O) groups excluding carboxylic acids is 1. The summed E-state index contributed by atoms with van der Waals surface area (Å²) in [5.41, 5.74) is 2.31. The molecule has 1 aliphatic rings. The SMILES string of the molecule is C=CCn1c(CSCc2ccc(Cl)c(Cl)c2)nnc1SCC(=O)N1CCN(c2ccccc2)CC1. The minimum atomic E-state index is 0.131. The lowest BCUT2D eigenvalue weighted by Gasteiger charge is -2.36. The van der Waals surface area contributed by atoms with Crippen molar-refractivity contribution in [1.82, 2.24) is 19.7 Å². The monoisotopic (exact) mass is 547 g/mol. The highest BCUT2D eigenvalue weighted by atomic mass is 35.5. The van der Waals surface area contributed by atoms with Gasteiger partial charge in [-0.25, -0.2) is 0 Å². The van der Waals surface area contributed by atoms with Gasteiger partial charge in [0.05, 0.1) is 21.6 Å². The van der Waals surface area contributed by atoms with Crippen LogP contribution in [-0.4, -0.2) is 57.5 Å². The number of hydrogen-bond donors (Lipinski definition) is 0. The van der Waals surface area contributed by atoms with Crippen LogP contribution in [-0.2, 0) is 22.8 Å². The highest BCUT2D eigenvalue weighted by Gasteiger charge is 2.22. The first-order valence-electron chi connectivity index (χ1n) is 11.3. The van der Waals surface area contributed by atoms with E-state index in [1.807, 2.05) is 51.9 Å². The number of para-hydroxylation sites is 1. The quantitative estimate of drug-likeness (QED) is 0.241. The lowest BCUT2D eigenvalue weighted by molar-refractivity contribution is -0.128. The molecule has 0 N–H and O–H groups in total. The Morgan fingerprint density at radius 1 is 1.00 bits per heavy atom. The van der Waals surface area contributed by atoms with Gasteiger partial charge in [-0.15, -0.1) is 28.5 Å². The predicted molar refractivity (Wildman–Crippen MR) is 148 cm³/mol. The molecule has 0 radical (unpaired) electrons. The maximum Gasteiger partial charge on any atom is 0.233 e. The Bertz CT molecular complexity index is 1150. The van der Waals surface area contributed by atoms with Crippen LogP contribution in [0.2, 0.25) is 10.0 Å². The predicted octanol–water partition coefficient (Wildman–Crippen LogP) is 5.65. The van der Waals surface area contributed by atoms with Crippen molar-refractivity contribution in [3.63, 3.8) is 0 Å². The van der Waals surface area contributed by atoms with Crippen molar-refractivity contribution in [2.24, 2.45) is 0 Å². The van der Waals surface area contributed by atoms with E-state index in [4.69, 9.17) is 23.2 Å².